The van der Waals surface area contributed by atoms with Gasteiger partial charge in [-0.2, -0.15) is 0 Å². The fraction of sp³-hybridized carbons (Fsp3) is 0.316. The molecular formula is C19H22O3. The third-order valence-corrected chi connectivity index (χ3v) is 3.36. The van der Waals surface area contributed by atoms with Gasteiger partial charge in [-0.25, -0.2) is 0 Å². The van der Waals surface area contributed by atoms with Crippen molar-refractivity contribution in [2.75, 3.05) is 7.11 Å². The Hall–Kier alpha value is -2.29. The molecule has 0 aliphatic rings. The standard InChI is InChI=1S/C19H22O3/c1-19(2,3)18(20)22-17(14-8-6-5-7-9-14)15-10-12-16(21-4)13-11-15/h5-13,17H,1-4H3. The summed E-state index contributed by atoms with van der Waals surface area (Å²) in [5.41, 5.74) is 1.33. The van der Waals surface area contributed by atoms with Crippen LogP contribution in [-0.4, -0.2) is 13.1 Å². The highest BCUT2D eigenvalue weighted by Gasteiger charge is 2.27. The Labute approximate surface area is 131 Å². The number of ether oxygens (including phenoxy) is 2. The molecule has 2 aromatic rings. The van der Waals surface area contributed by atoms with Crippen molar-refractivity contribution in [3.05, 3.63) is 65.7 Å². The van der Waals surface area contributed by atoms with Gasteiger partial charge in [0.2, 0.25) is 0 Å². The summed E-state index contributed by atoms with van der Waals surface area (Å²) in [4.78, 5) is 12.3. The van der Waals surface area contributed by atoms with Crippen LogP contribution in [0.1, 0.15) is 38.0 Å². The van der Waals surface area contributed by atoms with Crippen molar-refractivity contribution in [2.45, 2.75) is 26.9 Å². The lowest BCUT2D eigenvalue weighted by molar-refractivity contribution is -0.157. The van der Waals surface area contributed by atoms with E-state index in [4.69, 9.17) is 9.47 Å². The summed E-state index contributed by atoms with van der Waals surface area (Å²) in [6, 6.07) is 17.3. The van der Waals surface area contributed by atoms with E-state index in [1.54, 1.807) is 7.11 Å². The first-order valence-corrected chi connectivity index (χ1v) is 7.32. The number of esters is 1. The van der Waals surface area contributed by atoms with Gasteiger partial charge in [-0.1, -0.05) is 42.5 Å². The van der Waals surface area contributed by atoms with Gasteiger partial charge < -0.3 is 9.47 Å². The molecule has 116 valence electrons. The highest BCUT2D eigenvalue weighted by atomic mass is 16.5. The van der Waals surface area contributed by atoms with Crippen LogP contribution < -0.4 is 4.74 Å². The second-order valence-corrected chi connectivity index (χ2v) is 6.22. The largest absolute Gasteiger partial charge is 0.497 e. The molecule has 0 radical (unpaired) electrons. The SMILES string of the molecule is COc1ccc(C(OC(=O)C(C)(C)C)c2ccccc2)cc1. The smallest absolute Gasteiger partial charge is 0.312 e. The van der Waals surface area contributed by atoms with Gasteiger partial charge in [-0.15, -0.1) is 0 Å². The van der Waals surface area contributed by atoms with Gasteiger partial charge >= 0.3 is 5.97 Å². The summed E-state index contributed by atoms with van der Waals surface area (Å²) in [7, 11) is 1.63. The molecule has 0 saturated heterocycles. The molecular weight excluding hydrogens is 276 g/mol. The van der Waals surface area contributed by atoms with E-state index in [-0.39, 0.29) is 5.97 Å². The molecule has 0 bridgehead atoms. The van der Waals surface area contributed by atoms with Crippen LogP contribution in [0.15, 0.2) is 54.6 Å². The van der Waals surface area contributed by atoms with Crippen molar-refractivity contribution >= 4 is 5.97 Å². The molecule has 2 aromatic carbocycles. The van der Waals surface area contributed by atoms with Crippen LogP contribution in [0.25, 0.3) is 0 Å². The van der Waals surface area contributed by atoms with E-state index in [1.807, 2.05) is 75.4 Å². The van der Waals surface area contributed by atoms with Gasteiger partial charge in [-0.3, -0.25) is 4.79 Å². The maximum atomic E-state index is 12.3. The quantitative estimate of drug-likeness (QED) is 0.786. The van der Waals surface area contributed by atoms with E-state index in [0.29, 0.717) is 0 Å². The van der Waals surface area contributed by atoms with E-state index in [9.17, 15) is 4.79 Å². The Morgan fingerprint density at radius 2 is 1.45 bits per heavy atom. The molecule has 0 fully saturated rings. The van der Waals surface area contributed by atoms with Crippen LogP contribution in [0, 0.1) is 5.41 Å². The van der Waals surface area contributed by atoms with E-state index in [2.05, 4.69) is 0 Å². The Morgan fingerprint density at radius 3 is 1.95 bits per heavy atom. The third kappa shape index (κ3) is 3.88. The Kier molecular flexibility index (Phi) is 4.86. The van der Waals surface area contributed by atoms with Crippen LogP contribution in [0.2, 0.25) is 0 Å². The van der Waals surface area contributed by atoms with Crippen LogP contribution >= 0.6 is 0 Å². The van der Waals surface area contributed by atoms with E-state index >= 15 is 0 Å². The Morgan fingerprint density at radius 1 is 0.909 bits per heavy atom. The maximum absolute atomic E-state index is 12.3. The number of rotatable bonds is 4. The average Bonchev–Trinajstić information content (AvgIpc) is 2.52. The molecule has 3 heteroatoms. The second-order valence-electron chi connectivity index (χ2n) is 6.22. The zero-order valence-corrected chi connectivity index (χ0v) is 13.5. The van der Waals surface area contributed by atoms with Crippen molar-refractivity contribution in [3.63, 3.8) is 0 Å². The molecule has 1 unspecified atom stereocenters. The number of carbonyl (C=O) groups excluding carboxylic acids is 1. The van der Waals surface area contributed by atoms with Crippen LogP contribution in [0.5, 0.6) is 5.75 Å². The van der Waals surface area contributed by atoms with E-state index < -0.39 is 11.5 Å². The molecule has 0 amide bonds. The number of methoxy groups -OCH3 is 1. The molecule has 0 saturated carbocycles. The molecule has 0 spiro atoms. The minimum absolute atomic E-state index is 0.225. The van der Waals surface area contributed by atoms with Crippen LogP contribution in [0.4, 0.5) is 0 Å². The summed E-state index contributed by atoms with van der Waals surface area (Å²) in [6.45, 7) is 5.56. The number of hydrogen-bond donors (Lipinski definition) is 0. The summed E-state index contributed by atoms with van der Waals surface area (Å²) >= 11 is 0. The zero-order chi connectivity index (χ0) is 16.2. The van der Waals surface area contributed by atoms with Gasteiger partial charge in [0.1, 0.15) is 5.75 Å². The Bertz CT molecular complexity index is 609. The topological polar surface area (TPSA) is 35.5 Å². The lowest BCUT2D eigenvalue weighted by Crippen LogP contribution is -2.25. The molecule has 2 rings (SSSR count). The van der Waals surface area contributed by atoms with Crippen molar-refractivity contribution in [1.29, 1.82) is 0 Å². The van der Waals surface area contributed by atoms with Gasteiger partial charge in [0, 0.05) is 0 Å². The molecule has 0 aliphatic heterocycles. The van der Waals surface area contributed by atoms with Crippen molar-refractivity contribution < 1.29 is 14.3 Å². The lowest BCUT2D eigenvalue weighted by Gasteiger charge is -2.24. The zero-order valence-electron chi connectivity index (χ0n) is 13.5. The molecule has 0 heterocycles. The summed E-state index contributed by atoms with van der Waals surface area (Å²) in [5, 5.41) is 0. The van der Waals surface area contributed by atoms with Crippen molar-refractivity contribution in [2.24, 2.45) is 5.41 Å². The first-order chi connectivity index (χ1) is 10.4. The first kappa shape index (κ1) is 16.1. The van der Waals surface area contributed by atoms with Gasteiger partial charge in [-0.05, 0) is 44.0 Å². The third-order valence-electron chi connectivity index (χ3n) is 3.36. The fourth-order valence-electron chi connectivity index (χ4n) is 2.02. The average molecular weight is 298 g/mol. The predicted molar refractivity (Wildman–Crippen MR) is 86.8 cm³/mol. The molecule has 3 nitrogen and oxygen atoms in total. The van der Waals surface area contributed by atoms with Gasteiger partial charge in [0.15, 0.2) is 6.10 Å². The summed E-state index contributed by atoms with van der Waals surface area (Å²) in [5.74, 6) is 0.551. The normalized spacial score (nSPS) is 12.5. The highest BCUT2D eigenvalue weighted by molar-refractivity contribution is 5.76. The number of benzene rings is 2. The van der Waals surface area contributed by atoms with E-state index in [0.717, 1.165) is 16.9 Å². The summed E-state index contributed by atoms with van der Waals surface area (Å²) < 4.78 is 11.0. The highest BCUT2D eigenvalue weighted by Crippen LogP contribution is 2.30. The number of hydrogen-bond acceptors (Lipinski definition) is 3. The summed E-state index contributed by atoms with van der Waals surface area (Å²) in [6.07, 6.45) is -0.418. The van der Waals surface area contributed by atoms with Crippen LogP contribution in [0.3, 0.4) is 0 Å². The van der Waals surface area contributed by atoms with Crippen molar-refractivity contribution in [3.8, 4) is 5.75 Å². The first-order valence-electron chi connectivity index (χ1n) is 7.32. The fourth-order valence-corrected chi connectivity index (χ4v) is 2.02. The van der Waals surface area contributed by atoms with Gasteiger partial charge in [0.05, 0.1) is 12.5 Å². The maximum Gasteiger partial charge on any atom is 0.312 e. The van der Waals surface area contributed by atoms with E-state index in [1.165, 1.54) is 0 Å². The molecule has 0 aliphatic carbocycles. The van der Waals surface area contributed by atoms with Crippen molar-refractivity contribution in [1.82, 2.24) is 0 Å². The minimum atomic E-state index is -0.542. The number of carbonyl (C=O) groups is 1. The molecule has 0 aromatic heterocycles. The monoisotopic (exact) mass is 298 g/mol. The molecule has 0 N–H and O–H groups in total. The second kappa shape index (κ2) is 6.65. The van der Waals surface area contributed by atoms with Gasteiger partial charge in [0.25, 0.3) is 0 Å². The molecule has 1 atom stereocenters. The van der Waals surface area contributed by atoms with Crippen LogP contribution in [-0.2, 0) is 9.53 Å². The minimum Gasteiger partial charge on any atom is -0.497 e. The predicted octanol–water partition coefficient (Wildman–Crippen LogP) is 4.37. The molecule has 22 heavy (non-hydrogen) atoms. The lowest BCUT2D eigenvalue weighted by atomic mass is 9.96. The Balaban J connectivity index is 2.35.